The molecule has 0 saturated carbocycles. The first-order chi connectivity index (χ1) is 8.75. The Morgan fingerprint density at radius 1 is 1.28 bits per heavy atom. The van der Waals surface area contributed by atoms with Gasteiger partial charge in [0.15, 0.2) is 5.78 Å². The largest absolute Gasteiger partial charge is 0.288 e. The molecule has 1 aromatic carbocycles. The Morgan fingerprint density at radius 3 is 3.00 bits per heavy atom. The molecular formula is C13H8FN3O. The minimum atomic E-state index is -0.435. The molecule has 0 aliphatic heterocycles. The predicted molar refractivity (Wildman–Crippen MR) is 62.8 cm³/mol. The molecule has 0 unspecified atom stereocenters. The number of halogens is 1. The Balaban J connectivity index is 2.12. The monoisotopic (exact) mass is 241 g/mol. The third kappa shape index (κ3) is 1.66. The fourth-order valence-electron chi connectivity index (χ4n) is 1.79. The van der Waals surface area contributed by atoms with Crippen LogP contribution in [0.25, 0.3) is 5.52 Å². The van der Waals surface area contributed by atoms with Crippen LogP contribution in [0.2, 0.25) is 0 Å². The fourth-order valence-corrected chi connectivity index (χ4v) is 1.79. The predicted octanol–water partition coefficient (Wildman–Crippen LogP) is 2.10. The lowest BCUT2D eigenvalue weighted by Crippen LogP contribution is -2.01. The van der Waals surface area contributed by atoms with E-state index in [2.05, 4.69) is 10.1 Å². The molecule has 0 radical (unpaired) electrons. The minimum absolute atomic E-state index is 0.266. The number of benzene rings is 1. The summed E-state index contributed by atoms with van der Waals surface area (Å²) in [4.78, 5) is 16.2. The standard InChI is InChI=1S/C13H8FN3O/c14-10-3-1-2-9(6-10)13(18)11-7-16-17-5-4-15-8-12(11)17/h1-8H. The van der Waals surface area contributed by atoms with E-state index in [1.54, 1.807) is 29.2 Å². The lowest BCUT2D eigenvalue weighted by molar-refractivity contribution is 0.104. The summed E-state index contributed by atoms with van der Waals surface area (Å²) in [6.07, 6.45) is 6.25. The van der Waals surface area contributed by atoms with Crippen LogP contribution < -0.4 is 0 Å². The summed E-state index contributed by atoms with van der Waals surface area (Å²) in [5.74, 6) is -0.701. The number of carbonyl (C=O) groups is 1. The molecule has 0 bridgehead atoms. The van der Waals surface area contributed by atoms with E-state index >= 15 is 0 Å². The average molecular weight is 241 g/mol. The molecule has 0 aliphatic carbocycles. The number of rotatable bonds is 2. The summed E-state index contributed by atoms with van der Waals surface area (Å²) in [6.45, 7) is 0. The molecule has 0 aliphatic rings. The zero-order chi connectivity index (χ0) is 12.5. The quantitative estimate of drug-likeness (QED) is 0.645. The molecule has 0 saturated heterocycles. The van der Waals surface area contributed by atoms with Crippen LogP contribution in [-0.2, 0) is 0 Å². The van der Waals surface area contributed by atoms with E-state index in [1.807, 2.05) is 0 Å². The van der Waals surface area contributed by atoms with Crippen molar-refractivity contribution in [1.29, 1.82) is 0 Å². The van der Waals surface area contributed by atoms with Gasteiger partial charge in [0.2, 0.25) is 0 Å². The number of aromatic nitrogens is 3. The second kappa shape index (κ2) is 4.03. The molecule has 18 heavy (non-hydrogen) atoms. The van der Waals surface area contributed by atoms with Crippen LogP contribution in [0.5, 0.6) is 0 Å². The van der Waals surface area contributed by atoms with Crippen molar-refractivity contribution in [1.82, 2.24) is 14.6 Å². The van der Waals surface area contributed by atoms with Crippen LogP contribution in [-0.4, -0.2) is 20.4 Å². The first-order valence-corrected chi connectivity index (χ1v) is 5.33. The molecule has 0 spiro atoms. The van der Waals surface area contributed by atoms with Crippen LogP contribution in [0, 0.1) is 5.82 Å². The van der Waals surface area contributed by atoms with Crippen molar-refractivity contribution in [2.75, 3.05) is 0 Å². The van der Waals surface area contributed by atoms with E-state index in [-0.39, 0.29) is 5.78 Å². The van der Waals surface area contributed by atoms with Gasteiger partial charge in [-0.1, -0.05) is 12.1 Å². The number of hydrogen-bond acceptors (Lipinski definition) is 3. The van der Waals surface area contributed by atoms with E-state index in [0.29, 0.717) is 16.6 Å². The summed E-state index contributed by atoms with van der Waals surface area (Å²) in [5, 5.41) is 4.05. The SMILES string of the molecule is O=C(c1cccc(F)c1)c1cnn2ccncc12. The highest BCUT2D eigenvalue weighted by atomic mass is 19.1. The van der Waals surface area contributed by atoms with Crippen LogP contribution in [0.3, 0.4) is 0 Å². The molecule has 0 fully saturated rings. The molecule has 2 aromatic heterocycles. The van der Waals surface area contributed by atoms with Gasteiger partial charge in [0, 0.05) is 18.0 Å². The summed E-state index contributed by atoms with van der Waals surface area (Å²) < 4.78 is 14.7. The Labute approximate surface area is 102 Å². The van der Waals surface area contributed by atoms with E-state index in [1.165, 1.54) is 24.4 Å². The maximum absolute atomic E-state index is 13.1. The number of fused-ring (bicyclic) bond motifs is 1. The topological polar surface area (TPSA) is 47.3 Å². The van der Waals surface area contributed by atoms with E-state index < -0.39 is 5.82 Å². The molecule has 2 heterocycles. The minimum Gasteiger partial charge on any atom is -0.288 e. The zero-order valence-corrected chi connectivity index (χ0v) is 9.25. The smallest absolute Gasteiger partial charge is 0.196 e. The summed E-state index contributed by atoms with van der Waals surface area (Å²) in [5.41, 5.74) is 1.31. The number of hydrogen-bond donors (Lipinski definition) is 0. The second-order valence-electron chi connectivity index (χ2n) is 3.80. The Morgan fingerprint density at radius 2 is 2.17 bits per heavy atom. The summed E-state index contributed by atoms with van der Waals surface area (Å²) in [6, 6.07) is 5.59. The maximum Gasteiger partial charge on any atom is 0.196 e. The third-order valence-corrected chi connectivity index (χ3v) is 2.66. The van der Waals surface area contributed by atoms with Crippen LogP contribution in [0.15, 0.2) is 49.1 Å². The van der Waals surface area contributed by atoms with Gasteiger partial charge in [-0.25, -0.2) is 8.91 Å². The van der Waals surface area contributed by atoms with Gasteiger partial charge in [-0.2, -0.15) is 5.10 Å². The van der Waals surface area contributed by atoms with Gasteiger partial charge in [0.25, 0.3) is 0 Å². The molecular weight excluding hydrogens is 233 g/mol. The zero-order valence-electron chi connectivity index (χ0n) is 9.25. The molecule has 4 nitrogen and oxygen atoms in total. The summed E-state index contributed by atoms with van der Waals surface area (Å²) >= 11 is 0. The Bertz CT molecular complexity index is 736. The first-order valence-electron chi connectivity index (χ1n) is 5.33. The van der Waals surface area contributed by atoms with Gasteiger partial charge < -0.3 is 0 Å². The molecule has 0 N–H and O–H groups in total. The second-order valence-corrected chi connectivity index (χ2v) is 3.80. The fraction of sp³-hybridized carbons (Fsp3) is 0. The van der Waals surface area contributed by atoms with Gasteiger partial charge in [-0.05, 0) is 12.1 Å². The van der Waals surface area contributed by atoms with Gasteiger partial charge in [0.05, 0.1) is 23.5 Å². The molecule has 0 atom stereocenters. The van der Waals surface area contributed by atoms with Crippen molar-refractivity contribution in [2.24, 2.45) is 0 Å². The molecule has 0 amide bonds. The van der Waals surface area contributed by atoms with Crippen LogP contribution in [0.1, 0.15) is 15.9 Å². The van der Waals surface area contributed by atoms with Crippen molar-refractivity contribution in [3.63, 3.8) is 0 Å². The molecule has 3 rings (SSSR count). The van der Waals surface area contributed by atoms with Gasteiger partial charge in [-0.3, -0.25) is 9.78 Å². The van der Waals surface area contributed by atoms with Gasteiger partial charge in [-0.15, -0.1) is 0 Å². The van der Waals surface area contributed by atoms with Crippen LogP contribution >= 0.6 is 0 Å². The number of nitrogens with zero attached hydrogens (tertiary/aromatic N) is 3. The van der Waals surface area contributed by atoms with Crippen molar-refractivity contribution < 1.29 is 9.18 Å². The third-order valence-electron chi connectivity index (χ3n) is 2.66. The van der Waals surface area contributed by atoms with Crippen molar-refractivity contribution in [3.8, 4) is 0 Å². The molecule has 3 aromatic rings. The van der Waals surface area contributed by atoms with E-state index in [9.17, 15) is 9.18 Å². The van der Waals surface area contributed by atoms with Gasteiger partial charge in [0.1, 0.15) is 5.82 Å². The number of ketones is 1. The maximum atomic E-state index is 13.1. The molecule has 88 valence electrons. The summed E-state index contributed by atoms with van der Waals surface area (Å²) in [7, 11) is 0. The lowest BCUT2D eigenvalue weighted by Gasteiger charge is -1.99. The Hall–Kier alpha value is -2.56. The highest BCUT2D eigenvalue weighted by Gasteiger charge is 2.15. The van der Waals surface area contributed by atoms with Crippen molar-refractivity contribution in [2.45, 2.75) is 0 Å². The molecule has 5 heteroatoms. The normalized spacial score (nSPS) is 10.7. The average Bonchev–Trinajstić information content (AvgIpc) is 2.82. The van der Waals surface area contributed by atoms with Gasteiger partial charge >= 0.3 is 0 Å². The van der Waals surface area contributed by atoms with E-state index in [4.69, 9.17) is 0 Å². The Kier molecular flexibility index (Phi) is 2.37. The lowest BCUT2D eigenvalue weighted by atomic mass is 10.1. The first kappa shape index (κ1) is 10.6. The number of carbonyl (C=O) groups excluding carboxylic acids is 1. The van der Waals surface area contributed by atoms with Crippen LogP contribution in [0.4, 0.5) is 4.39 Å². The van der Waals surface area contributed by atoms with Crippen molar-refractivity contribution in [3.05, 3.63) is 66.0 Å². The highest BCUT2D eigenvalue weighted by Crippen LogP contribution is 2.15. The van der Waals surface area contributed by atoms with E-state index in [0.717, 1.165) is 0 Å². The highest BCUT2D eigenvalue weighted by molar-refractivity contribution is 6.12. The van der Waals surface area contributed by atoms with Crippen molar-refractivity contribution >= 4 is 11.3 Å².